The van der Waals surface area contributed by atoms with Gasteiger partial charge in [0.2, 0.25) is 35.4 Å². The molecule has 0 heterocycles. The van der Waals surface area contributed by atoms with Crippen LogP contribution in [-0.4, -0.2) is 140 Å². The van der Waals surface area contributed by atoms with Crippen LogP contribution in [0.1, 0.15) is 74.7 Å². The summed E-state index contributed by atoms with van der Waals surface area (Å²) in [6.07, 6.45) is 1.85. The molecule has 14 heteroatoms. The highest BCUT2D eigenvalue weighted by Crippen LogP contribution is 2.16. The molecule has 0 aromatic rings. The maximum Gasteiger partial charge on any atom is 0.245 e. The van der Waals surface area contributed by atoms with Crippen molar-refractivity contribution in [3.63, 3.8) is 0 Å². The summed E-state index contributed by atoms with van der Waals surface area (Å²) in [4.78, 5) is 95.8. The Hall–Kier alpha value is -3.55. The number of carbonyl (C=O) groups excluding carboxylic acids is 7. The molecule has 6 atom stereocenters. The van der Waals surface area contributed by atoms with E-state index < -0.39 is 59.7 Å². The van der Waals surface area contributed by atoms with Gasteiger partial charge in [0.1, 0.15) is 30.5 Å². The van der Waals surface area contributed by atoms with Crippen molar-refractivity contribution >= 4 is 41.7 Å². The quantitative estimate of drug-likeness (QED) is 0.158. The summed E-state index contributed by atoms with van der Waals surface area (Å²) in [6, 6.07) is -4.31. The standard InChI is InChI=1S/C33H61N7O7/c1-14-22(6)29(36-27(42)17-34-9)33(47)37(10)18-28(43)40(13)26(16-21(4)5)30(44)35-25(15-20(2)3)32(46)39(12)24(8)31(45)38(11)23(7)19-41/h19-26,29,34H,14-18H2,1-13H3,(H,35,44)(H,36,42). The van der Waals surface area contributed by atoms with Crippen molar-refractivity contribution in [1.29, 1.82) is 0 Å². The smallest absolute Gasteiger partial charge is 0.245 e. The summed E-state index contributed by atoms with van der Waals surface area (Å²) in [5.41, 5.74) is 0. The van der Waals surface area contributed by atoms with Crippen LogP contribution in [0, 0.1) is 17.8 Å². The zero-order valence-electron chi connectivity index (χ0n) is 30.9. The normalized spacial score (nSPS) is 15.0. The van der Waals surface area contributed by atoms with Crippen LogP contribution in [0.4, 0.5) is 0 Å². The van der Waals surface area contributed by atoms with Gasteiger partial charge in [-0.05, 0) is 51.5 Å². The number of hydrogen-bond acceptors (Lipinski definition) is 8. The molecule has 0 rings (SSSR count). The molecule has 0 radical (unpaired) electrons. The Morgan fingerprint density at radius 3 is 1.74 bits per heavy atom. The fraction of sp³-hybridized carbons (Fsp3) is 0.788. The Labute approximate surface area is 281 Å². The van der Waals surface area contributed by atoms with E-state index in [2.05, 4.69) is 16.0 Å². The van der Waals surface area contributed by atoms with Crippen molar-refractivity contribution in [2.75, 3.05) is 48.3 Å². The Balaban J connectivity index is 6.04. The molecule has 0 aliphatic rings. The molecule has 0 aromatic carbocycles. The van der Waals surface area contributed by atoms with E-state index in [1.807, 2.05) is 41.5 Å². The third-order valence-corrected chi connectivity index (χ3v) is 8.50. The van der Waals surface area contributed by atoms with E-state index in [1.165, 1.54) is 47.8 Å². The largest absolute Gasteiger partial charge is 0.343 e. The second-order valence-corrected chi connectivity index (χ2v) is 13.4. The molecule has 270 valence electrons. The third-order valence-electron chi connectivity index (χ3n) is 8.50. The van der Waals surface area contributed by atoms with Gasteiger partial charge in [-0.25, -0.2) is 0 Å². The molecule has 0 aromatic heterocycles. The molecule has 0 aliphatic heterocycles. The lowest BCUT2D eigenvalue weighted by Gasteiger charge is -2.35. The Morgan fingerprint density at radius 1 is 0.723 bits per heavy atom. The summed E-state index contributed by atoms with van der Waals surface area (Å²) < 4.78 is 0. The molecule has 0 aliphatic carbocycles. The minimum Gasteiger partial charge on any atom is -0.343 e. The monoisotopic (exact) mass is 667 g/mol. The fourth-order valence-corrected chi connectivity index (χ4v) is 4.91. The first-order valence-electron chi connectivity index (χ1n) is 16.5. The highest BCUT2D eigenvalue weighted by molar-refractivity contribution is 5.95. The maximum atomic E-state index is 13.8. The fourth-order valence-electron chi connectivity index (χ4n) is 4.91. The van der Waals surface area contributed by atoms with E-state index in [0.717, 1.165) is 0 Å². The number of rotatable bonds is 20. The lowest BCUT2D eigenvalue weighted by molar-refractivity contribution is -0.148. The SMILES string of the molecule is CCC(C)C(NC(=O)CNC)C(=O)N(C)CC(=O)N(C)C(CC(C)C)C(=O)NC(CC(C)C)C(=O)N(C)C(C)C(=O)N(C)C(C)C=O. The van der Waals surface area contributed by atoms with Gasteiger partial charge in [0, 0.05) is 28.2 Å². The number of nitrogens with zero attached hydrogens (tertiary/aromatic N) is 4. The molecule has 14 nitrogen and oxygen atoms in total. The van der Waals surface area contributed by atoms with Gasteiger partial charge in [-0.1, -0.05) is 48.0 Å². The Morgan fingerprint density at radius 2 is 1.28 bits per heavy atom. The molecule has 6 amide bonds. The van der Waals surface area contributed by atoms with Gasteiger partial charge in [-0.2, -0.15) is 0 Å². The van der Waals surface area contributed by atoms with Crippen molar-refractivity contribution in [3.05, 3.63) is 0 Å². The molecule has 6 unspecified atom stereocenters. The first-order chi connectivity index (χ1) is 21.7. The lowest BCUT2D eigenvalue weighted by atomic mass is 9.97. The van der Waals surface area contributed by atoms with Gasteiger partial charge in [0.15, 0.2) is 0 Å². The maximum absolute atomic E-state index is 13.8. The highest BCUT2D eigenvalue weighted by Gasteiger charge is 2.36. The predicted molar refractivity (Wildman–Crippen MR) is 181 cm³/mol. The Bertz CT molecular complexity index is 1080. The van der Waals surface area contributed by atoms with Crippen LogP contribution in [0.15, 0.2) is 0 Å². The summed E-state index contributed by atoms with van der Waals surface area (Å²) in [5, 5.41) is 8.34. The van der Waals surface area contributed by atoms with Gasteiger partial charge in [-0.15, -0.1) is 0 Å². The van der Waals surface area contributed by atoms with Crippen LogP contribution in [0.25, 0.3) is 0 Å². The number of likely N-dealkylation sites (N-methyl/N-ethyl adjacent to an activating group) is 5. The summed E-state index contributed by atoms with van der Waals surface area (Å²) in [5.74, 6) is -2.83. The second-order valence-electron chi connectivity index (χ2n) is 13.4. The minimum atomic E-state index is -0.975. The third kappa shape index (κ3) is 13.6. The number of aldehydes is 1. The number of hydrogen-bond donors (Lipinski definition) is 3. The second kappa shape index (κ2) is 20.6. The number of nitrogens with one attached hydrogen (secondary N) is 3. The first kappa shape index (κ1) is 43.5. The van der Waals surface area contributed by atoms with Gasteiger partial charge in [0.25, 0.3) is 0 Å². The number of amides is 6. The predicted octanol–water partition coefficient (Wildman–Crippen LogP) is 0.492. The van der Waals surface area contributed by atoms with Crippen LogP contribution in [0.5, 0.6) is 0 Å². The van der Waals surface area contributed by atoms with Crippen molar-refractivity contribution in [1.82, 2.24) is 35.6 Å². The molecule has 0 fully saturated rings. The molecular weight excluding hydrogens is 606 g/mol. The van der Waals surface area contributed by atoms with Gasteiger partial charge < -0.3 is 40.3 Å². The molecule has 0 spiro atoms. The molecule has 3 N–H and O–H groups in total. The van der Waals surface area contributed by atoms with Crippen LogP contribution in [-0.2, 0) is 33.6 Å². The molecular formula is C33H61N7O7. The zero-order valence-corrected chi connectivity index (χ0v) is 30.9. The van der Waals surface area contributed by atoms with Gasteiger partial charge in [-0.3, -0.25) is 28.8 Å². The van der Waals surface area contributed by atoms with E-state index >= 15 is 0 Å². The molecule has 0 saturated heterocycles. The van der Waals surface area contributed by atoms with Crippen LogP contribution < -0.4 is 16.0 Å². The highest BCUT2D eigenvalue weighted by atomic mass is 16.2. The van der Waals surface area contributed by atoms with Crippen LogP contribution in [0.2, 0.25) is 0 Å². The number of carbonyl (C=O) groups is 7. The Kier molecular flexibility index (Phi) is 19.1. The van der Waals surface area contributed by atoms with Gasteiger partial charge in [0.05, 0.1) is 19.1 Å². The first-order valence-corrected chi connectivity index (χ1v) is 16.5. The van der Waals surface area contributed by atoms with Crippen LogP contribution >= 0.6 is 0 Å². The molecule has 0 saturated carbocycles. The van der Waals surface area contributed by atoms with Crippen molar-refractivity contribution in [2.24, 2.45) is 17.8 Å². The van der Waals surface area contributed by atoms with E-state index in [9.17, 15) is 33.6 Å². The van der Waals surface area contributed by atoms with Crippen molar-refractivity contribution < 1.29 is 33.6 Å². The summed E-state index contributed by atoms with van der Waals surface area (Å²) in [7, 11) is 7.56. The van der Waals surface area contributed by atoms with E-state index in [0.29, 0.717) is 19.1 Å². The summed E-state index contributed by atoms with van der Waals surface area (Å²) in [6.45, 7) is 14.2. The lowest BCUT2D eigenvalue weighted by Crippen LogP contribution is -2.58. The van der Waals surface area contributed by atoms with E-state index in [4.69, 9.17) is 0 Å². The minimum absolute atomic E-state index is 0.00690. The van der Waals surface area contributed by atoms with Crippen LogP contribution in [0.3, 0.4) is 0 Å². The average molecular weight is 668 g/mol. The topological polar surface area (TPSA) is 169 Å². The van der Waals surface area contributed by atoms with Crippen molar-refractivity contribution in [2.45, 2.75) is 105 Å². The van der Waals surface area contributed by atoms with Gasteiger partial charge >= 0.3 is 0 Å². The summed E-state index contributed by atoms with van der Waals surface area (Å²) >= 11 is 0. The average Bonchev–Trinajstić information content (AvgIpc) is 3.01. The molecule has 0 bridgehead atoms. The van der Waals surface area contributed by atoms with E-state index in [-0.39, 0.29) is 43.2 Å². The zero-order chi connectivity index (χ0) is 36.8. The molecule has 47 heavy (non-hydrogen) atoms. The van der Waals surface area contributed by atoms with E-state index in [1.54, 1.807) is 20.9 Å². The van der Waals surface area contributed by atoms with Crippen molar-refractivity contribution in [3.8, 4) is 0 Å².